The van der Waals surface area contributed by atoms with E-state index in [4.69, 9.17) is 9.47 Å². The minimum atomic E-state index is -0.950. The smallest absolute Gasteiger partial charge is 0.228 e. The average molecular weight is 609 g/mol. The van der Waals surface area contributed by atoms with E-state index in [-0.39, 0.29) is 23.1 Å². The van der Waals surface area contributed by atoms with E-state index in [0.717, 1.165) is 57.8 Å². The van der Waals surface area contributed by atoms with Crippen LogP contribution >= 0.6 is 0 Å². The summed E-state index contributed by atoms with van der Waals surface area (Å²) in [5.41, 5.74) is 6.91. The third kappa shape index (κ3) is 14.7. The lowest BCUT2D eigenvalue weighted by atomic mass is 9.85. The molecule has 0 bridgehead atoms. The van der Waals surface area contributed by atoms with Gasteiger partial charge < -0.3 is 14.6 Å². The monoisotopic (exact) mass is 608 g/mol. The zero-order chi connectivity index (χ0) is 33.3. The number of ketones is 2. The van der Waals surface area contributed by atoms with Crippen LogP contribution in [0.1, 0.15) is 132 Å². The van der Waals surface area contributed by atoms with E-state index in [2.05, 4.69) is 71.9 Å². The molecule has 0 spiro atoms. The number of methoxy groups -OCH3 is 2. The molecule has 0 saturated carbocycles. The normalized spacial score (nSPS) is 16.9. The topological polar surface area (TPSA) is 72.8 Å². The lowest BCUT2D eigenvalue weighted by molar-refractivity contribution is -0.121. The Labute approximate surface area is 268 Å². The second-order valence-corrected chi connectivity index (χ2v) is 13.0. The summed E-state index contributed by atoms with van der Waals surface area (Å²) in [7, 11) is 2.71. The maximum absolute atomic E-state index is 12.9. The Hall–Kier alpha value is -2.92. The van der Waals surface area contributed by atoms with Gasteiger partial charge in [0.05, 0.1) is 19.8 Å². The number of rotatable bonds is 20. The molecule has 0 saturated heterocycles. The largest absolute Gasteiger partial charge is 0.489 e. The van der Waals surface area contributed by atoms with Crippen molar-refractivity contribution in [3.05, 3.63) is 80.9 Å². The van der Waals surface area contributed by atoms with Crippen molar-refractivity contribution in [2.24, 2.45) is 0 Å². The van der Waals surface area contributed by atoms with Gasteiger partial charge in [-0.05, 0) is 132 Å². The maximum Gasteiger partial charge on any atom is 0.228 e. The molecule has 0 fully saturated rings. The van der Waals surface area contributed by atoms with Gasteiger partial charge in [-0.15, -0.1) is 0 Å². The van der Waals surface area contributed by atoms with Gasteiger partial charge in [-0.2, -0.15) is 0 Å². The molecule has 1 atom stereocenters. The summed E-state index contributed by atoms with van der Waals surface area (Å²) in [4.78, 5) is 25.5. The average Bonchev–Trinajstić information content (AvgIpc) is 2.94. The molecule has 1 N–H and O–H groups in total. The molecule has 0 aromatic carbocycles. The molecule has 0 heterocycles. The van der Waals surface area contributed by atoms with Crippen LogP contribution in [0.4, 0.5) is 0 Å². The highest BCUT2D eigenvalue weighted by Crippen LogP contribution is 2.31. The fourth-order valence-electron chi connectivity index (χ4n) is 5.28. The quantitative estimate of drug-likeness (QED) is 0.110. The van der Waals surface area contributed by atoms with Crippen molar-refractivity contribution >= 4 is 11.6 Å². The highest BCUT2D eigenvalue weighted by Gasteiger charge is 2.35. The molecule has 5 nitrogen and oxygen atoms in total. The molecule has 1 aliphatic carbocycles. The Morgan fingerprint density at radius 1 is 0.636 bits per heavy atom. The zero-order valence-electron chi connectivity index (χ0n) is 29.5. The molecule has 5 heteroatoms. The van der Waals surface area contributed by atoms with E-state index >= 15 is 0 Å². The molecule has 44 heavy (non-hydrogen) atoms. The van der Waals surface area contributed by atoms with Crippen molar-refractivity contribution in [3.8, 4) is 0 Å². The lowest BCUT2D eigenvalue weighted by Crippen LogP contribution is -2.28. The first kappa shape index (κ1) is 39.1. The van der Waals surface area contributed by atoms with Gasteiger partial charge in [0.1, 0.15) is 0 Å². The fourth-order valence-corrected chi connectivity index (χ4v) is 5.28. The van der Waals surface area contributed by atoms with Crippen molar-refractivity contribution in [2.75, 3.05) is 14.2 Å². The molecular formula is C39H60O5. The minimum absolute atomic E-state index is 0.0569. The van der Waals surface area contributed by atoms with Crippen molar-refractivity contribution < 1.29 is 24.2 Å². The molecule has 1 rings (SSSR count). The van der Waals surface area contributed by atoms with Gasteiger partial charge >= 0.3 is 0 Å². The maximum atomic E-state index is 12.9. The van der Waals surface area contributed by atoms with Crippen LogP contribution < -0.4 is 0 Å². The fraction of sp³-hybridized carbons (Fsp3) is 0.590. The molecule has 0 amide bonds. The molecule has 1 unspecified atom stereocenters. The molecule has 0 radical (unpaired) electrons. The molecular weight excluding hydrogens is 548 g/mol. The number of hydrogen-bond donors (Lipinski definition) is 1. The summed E-state index contributed by atoms with van der Waals surface area (Å²) >= 11 is 0. The second kappa shape index (κ2) is 20.2. The highest BCUT2D eigenvalue weighted by molar-refractivity contribution is 6.23. The van der Waals surface area contributed by atoms with E-state index in [0.29, 0.717) is 30.4 Å². The molecule has 0 aromatic rings. The van der Waals surface area contributed by atoms with Crippen LogP contribution in [0.5, 0.6) is 0 Å². The number of ether oxygens (including phenoxy) is 2. The van der Waals surface area contributed by atoms with Crippen LogP contribution in [0.25, 0.3) is 0 Å². The van der Waals surface area contributed by atoms with E-state index in [1.54, 1.807) is 13.8 Å². The highest BCUT2D eigenvalue weighted by atomic mass is 16.5. The van der Waals surface area contributed by atoms with E-state index in [1.807, 2.05) is 0 Å². The number of carbonyl (C=O) groups is 2. The Morgan fingerprint density at radius 2 is 1.02 bits per heavy atom. The first-order valence-electron chi connectivity index (χ1n) is 16.3. The second-order valence-electron chi connectivity index (χ2n) is 13.0. The lowest BCUT2D eigenvalue weighted by Gasteiger charge is -2.25. The standard InChI is InChI=1S/C39H60O5/c1-28(2)16-11-17-29(3)18-12-19-30(4)20-13-21-31(5)22-14-23-32(6)24-15-26-39(8,42)27-25-34-33(7)35(40)37(43-9)38(44-10)36(34)41/h16,18,20,22,24,42H,11-15,17,19,21,23,25-27H2,1-10H3/b29-18+,30-20+,31-22+,32-24+. The summed E-state index contributed by atoms with van der Waals surface area (Å²) in [5.74, 6) is -0.801. The Kier molecular flexibility index (Phi) is 17.9. The molecule has 246 valence electrons. The summed E-state index contributed by atoms with van der Waals surface area (Å²) in [6.07, 6.45) is 22.5. The van der Waals surface area contributed by atoms with Crippen LogP contribution in [0.15, 0.2) is 80.9 Å². The van der Waals surface area contributed by atoms with Gasteiger partial charge in [-0.3, -0.25) is 9.59 Å². The van der Waals surface area contributed by atoms with Crippen molar-refractivity contribution in [3.63, 3.8) is 0 Å². The van der Waals surface area contributed by atoms with Crippen LogP contribution in [0.3, 0.4) is 0 Å². The van der Waals surface area contributed by atoms with Gasteiger partial charge in [-0.1, -0.05) is 58.2 Å². The number of aliphatic hydroxyl groups is 1. The van der Waals surface area contributed by atoms with Crippen molar-refractivity contribution in [2.45, 2.75) is 138 Å². The van der Waals surface area contributed by atoms with Crippen LogP contribution in [-0.4, -0.2) is 36.5 Å². The zero-order valence-corrected chi connectivity index (χ0v) is 29.5. The third-order valence-electron chi connectivity index (χ3n) is 8.37. The van der Waals surface area contributed by atoms with Crippen LogP contribution in [0, 0.1) is 0 Å². The molecule has 0 aliphatic heterocycles. The van der Waals surface area contributed by atoms with Gasteiger partial charge in [-0.25, -0.2) is 0 Å². The van der Waals surface area contributed by atoms with E-state index in [9.17, 15) is 14.7 Å². The number of hydrogen-bond acceptors (Lipinski definition) is 5. The van der Waals surface area contributed by atoms with Gasteiger partial charge in [0.25, 0.3) is 0 Å². The SMILES string of the molecule is COC1=C(OC)C(=O)C(CCC(C)(O)CC/C=C(\C)CC/C=C(\C)CC/C=C(\C)CC/C=C(\C)CCC=C(C)C)=C(C)C1=O. The summed E-state index contributed by atoms with van der Waals surface area (Å²) < 4.78 is 10.3. The summed E-state index contributed by atoms with van der Waals surface area (Å²) in [6, 6.07) is 0. The number of allylic oxidation sites excluding steroid dienone is 12. The van der Waals surface area contributed by atoms with Crippen LogP contribution in [0.2, 0.25) is 0 Å². The van der Waals surface area contributed by atoms with Gasteiger partial charge in [0.15, 0.2) is 0 Å². The molecule has 1 aliphatic rings. The first-order chi connectivity index (χ1) is 20.7. The van der Waals surface area contributed by atoms with Gasteiger partial charge in [0.2, 0.25) is 23.1 Å². The summed E-state index contributed by atoms with van der Waals surface area (Å²) in [6.45, 7) is 16.6. The summed E-state index contributed by atoms with van der Waals surface area (Å²) in [5, 5.41) is 11.0. The Morgan fingerprint density at radius 3 is 1.43 bits per heavy atom. The van der Waals surface area contributed by atoms with E-state index < -0.39 is 5.60 Å². The Bertz CT molecular complexity index is 1190. The van der Waals surface area contributed by atoms with Gasteiger partial charge in [0, 0.05) is 11.1 Å². The van der Waals surface area contributed by atoms with Crippen molar-refractivity contribution in [1.29, 1.82) is 0 Å². The van der Waals surface area contributed by atoms with E-state index in [1.165, 1.54) is 42.1 Å². The molecule has 0 aromatic heterocycles. The first-order valence-corrected chi connectivity index (χ1v) is 16.3. The predicted molar refractivity (Wildman–Crippen MR) is 184 cm³/mol. The third-order valence-corrected chi connectivity index (χ3v) is 8.37. The number of carbonyl (C=O) groups excluding carboxylic acids is 2. The minimum Gasteiger partial charge on any atom is -0.489 e. The predicted octanol–water partition coefficient (Wildman–Crippen LogP) is 10.1. The number of Topliss-reactive ketones (excluding diaryl/α,β-unsaturated/α-hetero) is 2. The van der Waals surface area contributed by atoms with Crippen molar-refractivity contribution in [1.82, 2.24) is 0 Å². The van der Waals surface area contributed by atoms with Crippen LogP contribution in [-0.2, 0) is 19.1 Å². The Balaban J connectivity index is 2.42.